The molecule has 0 radical (unpaired) electrons. The van der Waals surface area contributed by atoms with E-state index in [0.29, 0.717) is 0 Å². The van der Waals surface area contributed by atoms with Crippen LogP contribution < -0.4 is 0 Å². The summed E-state index contributed by atoms with van der Waals surface area (Å²) in [7, 11) is 0. The van der Waals surface area contributed by atoms with Crippen molar-refractivity contribution in [1.29, 1.82) is 0 Å². The van der Waals surface area contributed by atoms with Crippen molar-refractivity contribution in [2.24, 2.45) is 11.8 Å². The molecule has 70 valence electrons. The van der Waals surface area contributed by atoms with Crippen LogP contribution >= 0.6 is 0 Å². The third-order valence-corrected chi connectivity index (χ3v) is 2.54. The first-order chi connectivity index (χ1) is 5.72. The van der Waals surface area contributed by atoms with Gasteiger partial charge in [0.2, 0.25) is 0 Å². The topological polar surface area (TPSA) is 0 Å². The van der Waals surface area contributed by atoms with Crippen molar-refractivity contribution in [2.45, 2.75) is 40.0 Å². The quantitative estimate of drug-likeness (QED) is 0.519. The Hall–Kier alpha value is -0.520. The molecule has 0 nitrogen and oxygen atoms in total. The molecule has 0 aromatic rings. The second-order valence-electron chi connectivity index (χ2n) is 3.63. The van der Waals surface area contributed by atoms with Crippen LogP contribution in [0.5, 0.6) is 0 Å². The van der Waals surface area contributed by atoms with E-state index in [9.17, 15) is 0 Å². The fourth-order valence-electron chi connectivity index (χ4n) is 1.25. The molecule has 0 heterocycles. The van der Waals surface area contributed by atoms with E-state index in [-0.39, 0.29) is 0 Å². The minimum atomic E-state index is 0.807. The van der Waals surface area contributed by atoms with Crippen LogP contribution in [-0.2, 0) is 0 Å². The molecule has 2 atom stereocenters. The standard InChI is InChI=1S/C12H22/c1-5-7-9-11(3)12(4)10-8-6-2/h5-6,8,11-12H,1,7,9-10H2,2-4H3. The van der Waals surface area contributed by atoms with Gasteiger partial charge in [0, 0.05) is 0 Å². The predicted octanol–water partition coefficient (Wildman–Crippen LogP) is 4.19. The molecular formula is C12H22. The van der Waals surface area contributed by atoms with E-state index in [1.54, 1.807) is 0 Å². The fraction of sp³-hybridized carbons (Fsp3) is 0.667. The lowest BCUT2D eigenvalue weighted by Gasteiger charge is -2.17. The first-order valence-electron chi connectivity index (χ1n) is 4.94. The Kier molecular flexibility index (Phi) is 6.84. The van der Waals surface area contributed by atoms with Crippen LogP contribution in [0, 0.1) is 11.8 Å². The number of hydrogen-bond acceptors (Lipinski definition) is 0. The molecule has 12 heavy (non-hydrogen) atoms. The van der Waals surface area contributed by atoms with Gasteiger partial charge in [0.15, 0.2) is 0 Å². The van der Waals surface area contributed by atoms with Gasteiger partial charge in [0.1, 0.15) is 0 Å². The largest absolute Gasteiger partial charge is 0.103 e. The van der Waals surface area contributed by atoms with E-state index in [4.69, 9.17) is 0 Å². The van der Waals surface area contributed by atoms with Crippen molar-refractivity contribution >= 4 is 0 Å². The smallest absolute Gasteiger partial charge is 0.0322 e. The minimum Gasteiger partial charge on any atom is -0.103 e. The highest BCUT2D eigenvalue weighted by Gasteiger charge is 2.08. The second kappa shape index (κ2) is 7.15. The summed E-state index contributed by atoms with van der Waals surface area (Å²) in [5, 5.41) is 0. The Morgan fingerprint density at radius 2 is 1.92 bits per heavy atom. The molecule has 0 saturated carbocycles. The average molecular weight is 166 g/mol. The molecule has 0 bridgehead atoms. The lowest BCUT2D eigenvalue weighted by Crippen LogP contribution is -2.06. The fourth-order valence-corrected chi connectivity index (χ4v) is 1.25. The van der Waals surface area contributed by atoms with Gasteiger partial charge in [-0.1, -0.05) is 32.1 Å². The lowest BCUT2D eigenvalue weighted by atomic mass is 9.89. The van der Waals surface area contributed by atoms with Crippen molar-refractivity contribution < 1.29 is 0 Å². The van der Waals surface area contributed by atoms with Crippen molar-refractivity contribution in [2.75, 3.05) is 0 Å². The Bertz CT molecular complexity index is 133. The summed E-state index contributed by atoms with van der Waals surface area (Å²) in [6.45, 7) is 10.5. The highest BCUT2D eigenvalue weighted by Crippen LogP contribution is 2.20. The van der Waals surface area contributed by atoms with Gasteiger partial charge < -0.3 is 0 Å². The molecule has 0 saturated heterocycles. The highest BCUT2D eigenvalue weighted by atomic mass is 14.1. The van der Waals surface area contributed by atoms with E-state index in [1.807, 2.05) is 6.08 Å². The molecule has 0 aliphatic rings. The van der Waals surface area contributed by atoms with Crippen LogP contribution in [0.1, 0.15) is 40.0 Å². The van der Waals surface area contributed by atoms with Gasteiger partial charge >= 0.3 is 0 Å². The van der Waals surface area contributed by atoms with Gasteiger partial charge in [-0.05, 0) is 38.0 Å². The number of allylic oxidation sites excluding steroid dienone is 3. The van der Waals surface area contributed by atoms with E-state index < -0.39 is 0 Å². The predicted molar refractivity (Wildman–Crippen MR) is 57.2 cm³/mol. The minimum absolute atomic E-state index is 0.807. The van der Waals surface area contributed by atoms with E-state index in [2.05, 4.69) is 39.5 Å². The second-order valence-corrected chi connectivity index (χ2v) is 3.63. The highest BCUT2D eigenvalue weighted by molar-refractivity contribution is 4.81. The van der Waals surface area contributed by atoms with Gasteiger partial charge in [0.25, 0.3) is 0 Å². The van der Waals surface area contributed by atoms with E-state index >= 15 is 0 Å². The summed E-state index contributed by atoms with van der Waals surface area (Å²) in [5.41, 5.74) is 0. The van der Waals surface area contributed by atoms with Gasteiger partial charge in [-0.3, -0.25) is 0 Å². The Labute approximate surface area is 77.4 Å². The van der Waals surface area contributed by atoms with E-state index in [1.165, 1.54) is 12.8 Å². The monoisotopic (exact) mass is 166 g/mol. The molecule has 0 aliphatic heterocycles. The van der Waals surface area contributed by atoms with Crippen molar-refractivity contribution in [3.05, 3.63) is 24.8 Å². The van der Waals surface area contributed by atoms with E-state index in [0.717, 1.165) is 18.3 Å². The Morgan fingerprint density at radius 3 is 2.42 bits per heavy atom. The maximum absolute atomic E-state index is 3.74. The molecule has 0 heteroatoms. The Morgan fingerprint density at radius 1 is 1.25 bits per heavy atom. The molecular weight excluding hydrogens is 144 g/mol. The first kappa shape index (κ1) is 11.5. The molecule has 0 N–H and O–H groups in total. The maximum Gasteiger partial charge on any atom is -0.0322 e. The molecule has 0 aliphatic carbocycles. The van der Waals surface area contributed by atoms with Gasteiger partial charge in [-0.15, -0.1) is 6.58 Å². The molecule has 0 amide bonds. The van der Waals surface area contributed by atoms with Crippen LogP contribution in [0.15, 0.2) is 24.8 Å². The maximum atomic E-state index is 3.74. The van der Waals surface area contributed by atoms with Crippen LogP contribution in [0.3, 0.4) is 0 Å². The van der Waals surface area contributed by atoms with Crippen molar-refractivity contribution in [3.8, 4) is 0 Å². The van der Waals surface area contributed by atoms with Crippen LogP contribution in [-0.4, -0.2) is 0 Å². The van der Waals surface area contributed by atoms with Gasteiger partial charge in [-0.25, -0.2) is 0 Å². The zero-order valence-electron chi connectivity index (χ0n) is 8.72. The van der Waals surface area contributed by atoms with Gasteiger partial charge in [0.05, 0.1) is 0 Å². The number of rotatable bonds is 6. The molecule has 0 fully saturated rings. The molecule has 2 unspecified atom stereocenters. The average Bonchev–Trinajstić information content (AvgIpc) is 2.10. The number of hydrogen-bond donors (Lipinski definition) is 0. The molecule has 0 rings (SSSR count). The van der Waals surface area contributed by atoms with Gasteiger partial charge in [-0.2, -0.15) is 0 Å². The molecule has 0 aromatic carbocycles. The lowest BCUT2D eigenvalue weighted by molar-refractivity contribution is 0.370. The first-order valence-corrected chi connectivity index (χ1v) is 4.94. The SMILES string of the molecule is C=CCCC(C)C(C)CC=CC. The van der Waals surface area contributed by atoms with Crippen LogP contribution in [0.2, 0.25) is 0 Å². The summed E-state index contributed by atoms with van der Waals surface area (Å²) in [5.74, 6) is 1.63. The summed E-state index contributed by atoms with van der Waals surface area (Å²) in [4.78, 5) is 0. The van der Waals surface area contributed by atoms with Crippen molar-refractivity contribution in [3.63, 3.8) is 0 Å². The zero-order chi connectivity index (χ0) is 9.40. The van der Waals surface area contributed by atoms with Crippen LogP contribution in [0.25, 0.3) is 0 Å². The third-order valence-electron chi connectivity index (χ3n) is 2.54. The third kappa shape index (κ3) is 5.17. The van der Waals surface area contributed by atoms with Crippen molar-refractivity contribution in [1.82, 2.24) is 0 Å². The zero-order valence-corrected chi connectivity index (χ0v) is 8.72. The Balaban J connectivity index is 3.59. The summed E-state index contributed by atoms with van der Waals surface area (Å²) in [6.07, 6.45) is 10.1. The summed E-state index contributed by atoms with van der Waals surface area (Å²) in [6, 6.07) is 0. The summed E-state index contributed by atoms with van der Waals surface area (Å²) >= 11 is 0. The van der Waals surface area contributed by atoms with Crippen LogP contribution in [0.4, 0.5) is 0 Å². The molecule has 0 spiro atoms. The summed E-state index contributed by atoms with van der Waals surface area (Å²) < 4.78 is 0. The normalized spacial score (nSPS) is 16.2. The molecule has 0 aromatic heterocycles.